The van der Waals surface area contributed by atoms with Gasteiger partial charge in [0.25, 0.3) is 0 Å². The second kappa shape index (κ2) is 22.5. The van der Waals surface area contributed by atoms with E-state index in [0.29, 0.717) is 6.54 Å². The summed E-state index contributed by atoms with van der Waals surface area (Å²) in [4.78, 5) is 17.4. The summed E-state index contributed by atoms with van der Waals surface area (Å²) in [5.41, 5.74) is 11.5. The van der Waals surface area contributed by atoms with Gasteiger partial charge < -0.3 is 16.4 Å². The molecule has 6 nitrogen and oxygen atoms in total. The number of nitrogens with two attached hydrogens (primary N) is 1. The number of hydrogen-bond donors (Lipinski definition) is 3. The molecule has 2 aromatic rings. The van der Waals surface area contributed by atoms with Crippen LogP contribution in [0.4, 0.5) is 5.82 Å². The van der Waals surface area contributed by atoms with Crippen LogP contribution in [0.2, 0.25) is 0 Å². The molecule has 1 aliphatic heterocycles. The van der Waals surface area contributed by atoms with Gasteiger partial charge in [0, 0.05) is 31.9 Å². The van der Waals surface area contributed by atoms with Gasteiger partial charge in [0.2, 0.25) is 0 Å². The first-order valence-electron chi connectivity index (χ1n) is 15.8. The molecule has 1 aromatic carbocycles. The molecule has 2 heterocycles. The van der Waals surface area contributed by atoms with Gasteiger partial charge in [0.15, 0.2) is 0 Å². The summed E-state index contributed by atoms with van der Waals surface area (Å²) in [7, 11) is 1.87. The number of aldehydes is 1. The number of pyridine rings is 1. The Kier molecular flexibility index (Phi) is 19.8. The summed E-state index contributed by atoms with van der Waals surface area (Å²) in [6.45, 7) is 20.6. The number of carbonyl (C=O) groups is 1. The van der Waals surface area contributed by atoms with Crippen molar-refractivity contribution >= 4 is 24.3 Å². The molecule has 4 N–H and O–H groups in total. The first-order valence-corrected chi connectivity index (χ1v) is 15.8. The summed E-state index contributed by atoms with van der Waals surface area (Å²) < 4.78 is 0. The molecule has 0 amide bonds. The van der Waals surface area contributed by atoms with Gasteiger partial charge in [-0.2, -0.15) is 0 Å². The Morgan fingerprint density at radius 1 is 1.12 bits per heavy atom. The minimum atomic E-state index is 0.506. The molecule has 0 bridgehead atoms. The van der Waals surface area contributed by atoms with Crippen molar-refractivity contribution in [2.45, 2.75) is 79.7 Å². The molecule has 0 spiro atoms. The Morgan fingerprint density at radius 3 is 2.48 bits per heavy atom. The number of nitrogens with one attached hydrogen (secondary N) is 2. The Hall–Kier alpha value is -3.06. The standard InChI is InChI=1S/C22H36N4.C12H15NO.C2H6/c1-6-8-9-11-25-12-10-17(3)21(15-23)18(4)13-20-14-22(24-5)26-16-19(20)7-2;14-10-12-5-3-4-11(8-12)9-13-6-1-2-7-13;1-2/h7,13-14,16,24-25H,4,6,8-12,15,23H2,1-3,5H3;3-5,8,10H,1-2,6-7,9H2;1-2H3/b19-7-,20-13-,21-17-;;. The summed E-state index contributed by atoms with van der Waals surface area (Å²) in [5, 5.41) is 8.80. The number of benzene rings is 1. The van der Waals surface area contributed by atoms with E-state index in [2.05, 4.69) is 59.2 Å². The van der Waals surface area contributed by atoms with Crippen LogP contribution in [0.5, 0.6) is 0 Å². The van der Waals surface area contributed by atoms with Crippen LogP contribution in [0, 0.1) is 0 Å². The van der Waals surface area contributed by atoms with Crippen LogP contribution in [0.1, 0.15) is 89.1 Å². The van der Waals surface area contributed by atoms with Crippen molar-refractivity contribution in [3.05, 3.63) is 81.4 Å². The zero-order valence-corrected chi connectivity index (χ0v) is 27.3. The van der Waals surface area contributed by atoms with E-state index < -0.39 is 0 Å². The van der Waals surface area contributed by atoms with Crippen molar-refractivity contribution in [3.63, 3.8) is 0 Å². The Morgan fingerprint density at radius 2 is 1.86 bits per heavy atom. The molecule has 0 unspecified atom stereocenters. The highest BCUT2D eigenvalue weighted by Gasteiger charge is 2.11. The molecule has 3 rings (SSSR count). The molecule has 0 aliphatic carbocycles. The van der Waals surface area contributed by atoms with Crippen LogP contribution < -0.4 is 26.8 Å². The van der Waals surface area contributed by atoms with Crippen molar-refractivity contribution in [2.24, 2.45) is 5.73 Å². The maximum atomic E-state index is 10.6. The van der Waals surface area contributed by atoms with Gasteiger partial charge in [0.1, 0.15) is 12.1 Å². The maximum Gasteiger partial charge on any atom is 0.150 e. The summed E-state index contributed by atoms with van der Waals surface area (Å²) >= 11 is 0. The second-order valence-corrected chi connectivity index (χ2v) is 10.4. The van der Waals surface area contributed by atoms with Crippen LogP contribution in [-0.4, -0.2) is 55.9 Å². The van der Waals surface area contributed by atoms with Gasteiger partial charge in [-0.1, -0.05) is 70.0 Å². The zero-order chi connectivity index (χ0) is 31.2. The number of hydrogen-bond acceptors (Lipinski definition) is 6. The second-order valence-electron chi connectivity index (χ2n) is 10.4. The van der Waals surface area contributed by atoms with Gasteiger partial charge in [-0.3, -0.25) is 9.69 Å². The van der Waals surface area contributed by atoms with Gasteiger partial charge in [-0.15, -0.1) is 0 Å². The lowest BCUT2D eigenvalue weighted by atomic mass is 9.98. The lowest BCUT2D eigenvalue weighted by molar-refractivity contribution is 0.112. The SMILES string of the molecule is C=C(/C=c1/cc(NC)nc/c1=C/C)/C(CN)=C(/C)CCNCCCCC.CC.O=Cc1cccc(CN2CCCC2)c1. The third-order valence-electron chi connectivity index (χ3n) is 7.30. The van der Waals surface area contributed by atoms with Crippen LogP contribution in [0.25, 0.3) is 12.2 Å². The highest BCUT2D eigenvalue weighted by Crippen LogP contribution is 2.16. The van der Waals surface area contributed by atoms with E-state index in [1.165, 1.54) is 56.3 Å². The zero-order valence-electron chi connectivity index (χ0n) is 27.3. The topological polar surface area (TPSA) is 83.3 Å². The first-order chi connectivity index (χ1) is 20.4. The highest BCUT2D eigenvalue weighted by atomic mass is 16.1. The molecule has 1 saturated heterocycles. The fraction of sp³-hybridized carbons (Fsp3) is 0.500. The number of likely N-dealkylation sites (tertiary alicyclic amines) is 1. The van der Waals surface area contributed by atoms with E-state index in [0.717, 1.165) is 65.3 Å². The van der Waals surface area contributed by atoms with Crippen LogP contribution in [-0.2, 0) is 6.54 Å². The van der Waals surface area contributed by atoms with Crippen molar-refractivity contribution in [1.29, 1.82) is 0 Å². The number of aromatic nitrogens is 1. The minimum absolute atomic E-state index is 0.506. The number of nitrogens with zero attached hydrogens (tertiary/aromatic N) is 2. The number of rotatable bonds is 14. The van der Waals surface area contributed by atoms with E-state index in [9.17, 15) is 4.79 Å². The first kappa shape index (κ1) is 37.0. The van der Waals surface area contributed by atoms with Crippen LogP contribution in [0.15, 0.2) is 59.8 Å². The fourth-order valence-electron chi connectivity index (χ4n) is 4.85. The van der Waals surface area contributed by atoms with Gasteiger partial charge in [-0.25, -0.2) is 4.98 Å². The van der Waals surface area contributed by atoms with E-state index in [4.69, 9.17) is 5.73 Å². The number of anilines is 1. The van der Waals surface area contributed by atoms with E-state index in [-0.39, 0.29) is 0 Å². The lowest BCUT2D eigenvalue weighted by Crippen LogP contribution is -2.26. The molecule has 42 heavy (non-hydrogen) atoms. The molecule has 1 aromatic heterocycles. The highest BCUT2D eigenvalue weighted by molar-refractivity contribution is 5.74. The third kappa shape index (κ3) is 13.7. The van der Waals surface area contributed by atoms with Gasteiger partial charge in [0.05, 0.1) is 0 Å². The molecular weight excluding hydrogens is 518 g/mol. The summed E-state index contributed by atoms with van der Waals surface area (Å²) in [6.07, 6.45) is 14.4. The number of unbranched alkanes of at least 4 members (excludes halogenated alkanes) is 2. The predicted molar refractivity (Wildman–Crippen MR) is 183 cm³/mol. The Labute approximate surface area is 255 Å². The normalized spacial score (nSPS) is 14.4. The summed E-state index contributed by atoms with van der Waals surface area (Å²) in [6, 6.07) is 9.91. The predicted octanol–water partition coefficient (Wildman–Crippen LogP) is 5.83. The molecule has 0 radical (unpaired) electrons. The molecule has 1 aliphatic rings. The van der Waals surface area contributed by atoms with Gasteiger partial charge >= 0.3 is 0 Å². The maximum absolute atomic E-state index is 10.6. The number of carbonyl (C=O) groups excluding carboxylic acids is 1. The average molecular weight is 576 g/mol. The van der Waals surface area contributed by atoms with Gasteiger partial charge in [-0.05, 0) is 111 Å². The van der Waals surface area contributed by atoms with E-state index >= 15 is 0 Å². The van der Waals surface area contributed by atoms with Crippen LogP contribution in [0.3, 0.4) is 0 Å². The quantitative estimate of drug-likeness (QED) is 0.149. The largest absolute Gasteiger partial charge is 0.373 e. The smallest absolute Gasteiger partial charge is 0.150 e. The van der Waals surface area contributed by atoms with Crippen molar-refractivity contribution in [1.82, 2.24) is 15.2 Å². The van der Waals surface area contributed by atoms with E-state index in [1.54, 1.807) is 0 Å². The van der Waals surface area contributed by atoms with E-state index in [1.807, 2.05) is 58.3 Å². The monoisotopic (exact) mass is 575 g/mol. The van der Waals surface area contributed by atoms with Crippen molar-refractivity contribution in [3.8, 4) is 0 Å². The third-order valence-corrected chi connectivity index (χ3v) is 7.30. The minimum Gasteiger partial charge on any atom is -0.373 e. The van der Waals surface area contributed by atoms with Crippen molar-refractivity contribution in [2.75, 3.05) is 45.1 Å². The molecule has 232 valence electrons. The van der Waals surface area contributed by atoms with Crippen LogP contribution >= 0.6 is 0 Å². The Bertz CT molecular complexity index is 1210. The lowest BCUT2D eigenvalue weighted by Gasteiger charge is -2.14. The molecule has 6 heteroatoms. The summed E-state index contributed by atoms with van der Waals surface area (Å²) in [5.74, 6) is 0.848. The average Bonchev–Trinajstić information content (AvgIpc) is 3.53. The Balaban J connectivity index is 0.000000459. The van der Waals surface area contributed by atoms with Crippen molar-refractivity contribution < 1.29 is 4.79 Å². The fourth-order valence-corrected chi connectivity index (χ4v) is 4.85. The molecule has 0 saturated carbocycles. The molecule has 0 atom stereocenters. The molecule has 1 fully saturated rings. The molecular formula is C36H57N5O.